The minimum Gasteiger partial charge on any atom is -0.352 e. The number of aromatic nitrogens is 3. The van der Waals surface area contributed by atoms with E-state index < -0.39 is 0 Å². The lowest BCUT2D eigenvalue weighted by molar-refractivity contribution is -0.121. The summed E-state index contributed by atoms with van der Waals surface area (Å²) in [6.07, 6.45) is 4.10. The van der Waals surface area contributed by atoms with E-state index >= 15 is 0 Å². The van der Waals surface area contributed by atoms with Gasteiger partial charge >= 0.3 is 0 Å². The van der Waals surface area contributed by atoms with Gasteiger partial charge in [0.05, 0.1) is 17.6 Å². The van der Waals surface area contributed by atoms with Crippen LogP contribution >= 0.6 is 11.3 Å². The monoisotopic (exact) mass is 383 g/mol. The normalized spacial score (nSPS) is 14.0. The molecule has 27 heavy (non-hydrogen) atoms. The zero-order valence-electron chi connectivity index (χ0n) is 14.9. The first-order valence-electron chi connectivity index (χ1n) is 9.12. The summed E-state index contributed by atoms with van der Waals surface area (Å²) in [5.74, 6) is 0.398. The molecule has 1 aliphatic rings. The average molecular weight is 383 g/mol. The van der Waals surface area contributed by atoms with Gasteiger partial charge in [0.25, 0.3) is 5.56 Å². The van der Waals surface area contributed by atoms with E-state index in [4.69, 9.17) is 0 Å². The van der Waals surface area contributed by atoms with Gasteiger partial charge in [0.15, 0.2) is 5.82 Å². The Bertz CT molecular complexity index is 993. The van der Waals surface area contributed by atoms with Crippen molar-refractivity contribution < 1.29 is 4.79 Å². The Labute approximate surface area is 160 Å². The molecule has 1 saturated heterocycles. The molecule has 1 N–H and O–H groups in total. The standard InChI is InChI=1S/C19H21N5O2S/c25-16(21-13-17-20-8-12-27-17)7-11-24-15-6-2-1-5-14(15)22-18(19(24)26)23-9-3-4-10-23/h1-2,5-6,8,12H,3-4,7,9-11,13H2,(H,21,25). The van der Waals surface area contributed by atoms with Gasteiger partial charge in [-0.25, -0.2) is 9.97 Å². The predicted molar refractivity (Wildman–Crippen MR) is 106 cm³/mol. The molecule has 0 spiro atoms. The molecular formula is C19H21N5O2S. The summed E-state index contributed by atoms with van der Waals surface area (Å²) in [7, 11) is 0. The van der Waals surface area contributed by atoms with Gasteiger partial charge in [-0.3, -0.25) is 9.59 Å². The Balaban J connectivity index is 1.55. The highest BCUT2D eigenvalue weighted by Gasteiger charge is 2.20. The number of rotatable bonds is 6. The number of hydrogen-bond donors (Lipinski definition) is 1. The number of carbonyl (C=O) groups excluding carboxylic acids is 1. The Morgan fingerprint density at radius 1 is 1.22 bits per heavy atom. The highest BCUT2D eigenvalue weighted by atomic mass is 32.1. The quantitative estimate of drug-likeness (QED) is 0.706. The summed E-state index contributed by atoms with van der Waals surface area (Å²) in [6, 6.07) is 7.59. The zero-order valence-corrected chi connectivity index (χ0v) is 15.7. The summed E-state index contributed by atoms with van der Waals surface area (Å²) < 4.78 is 1.68. The Morgan fingerprint density at radius 2 is 2.04 bits per heavy atom. The number of amides is 1. The van der Waals surface area contributed by atoms with E-state index in [0.29, 0.717) is 18.9 Å². The Morgan fingerprint density at radius 3 is 2.81 bits per heavy atom. The molecule has 7 nitrogen and oxygen atoms in total. The predicted octanol–water partition coefficient (Wildman–Crippen LogP) is 2.16. The van der Waals surface area contributed by atoms with Crippen molar-refractivity contribution in [2.45, 2.75) is 32.4 Å². The third kappa shape index (κ3) is 3.85. The average Bonchev–Trinajstić information content (AvgIpc) is 3.39. The number of benzene rings is 1. The van der Waals surface area contributed by atoms with Crippen LogP contribution in [0, 0.1) is 0 Å². The van der Waals surface area contributed by atoms with E-state index in [1.807, 2.05) is 34.5 Å². The van der Waals surface area contributed by atoms with Gasteiger partial charge in [-0.15, -0.1) is 11.3 Å². The van der Waals surface area contributed by atoms with Gasteiger partial charge in [0.1, 0.15) is 5.01 Å². The molecular weight excluding hydrogens is 362 g/mol. The zero-order chi connectivity index (χ0) is 18.6. The van der Waals surface area contributed by atoms with Gasteiger partial charge < -0.3 is 14.8 Å². The van der Waals surface area contributed by atoms with E-state index in [-0.39, 0.29) is 17.9 Å². The molecule has 0 bridgehead atoms. The molecule has 1 fully saturated rings. The van der Waals surface area contributed by atoms with Crippen LogP contribution in [-0.4, -0.2) is 33.5 Å². The van der Waals surface area contributed by atoms with Crippen molar-refractivity contribution in [3.8, 4) is 0 Å². The number of fused-ring (bicyclic) bond motifs is 1. The van der Waals surface area contributed by atoms with Crippen LogP contribution in [0.15, 0.2) is 40.6 Å². The van der Waals surface area contributed by atoms with E-state index in [1.54, 1.807) is 10.8 Å². The van der Waals surface area contributed by atoms with Gasteiger partial charge in [0.2, 0.25) is 5.91 Å². The third-order valence-electron chi connectivity index (χ3n) is 4.72. The number of nitrogens with zero attached hydrogens (tertiary/aromatic N) is 4. The molecule has 1 amide bonds. The number of para-hydroxylation sites is 2. The summed E-state index contributed by atoms with van der Waals surface area (Å²) in [5, 5.41) is 5.61. The molecule has 0 radical (unpaired) electrons. The first kappa shape index (κ1) is 17.7. The van der Waals surface area contributed by atoms with Crippen molar-refractivity contribution in [2.24, 2.45) is 0 Å². The summed E-state index contributed by atoms with van der Waals surface area (Å²) in [4.78, 5) is 36.1. The maximum atomic E-state index is 13.0. The van der Waals surface area contributed by atoms with Crippen LogP contribution in [0.3, 0.4) is 0 Å². The van der Waals surface area contributed by atoms with E-state index in [0.717, 1.165) is 42.0 Å². The maximum Gasteiger partial charge on any atom is 0.294 e. The molecule has 0 saturated carbocycles. The molecule has 3 heterocycles. The number of anilines is 1. The molecule has 0 atom stereocenters. The highest BCUT2D eigenvalue weighted by Crippen LogP contribution is 2.18. The van der Waals surface area contributed by atoms with Crippen molar-refractivity contribution in [3.05, 3.63) is 51.2 Å². The fraction of sp³-hybridized carbons (Fsp3) is 0.368. The number of aryl methyl sites for hydroxylation is 1. The number of nitrogens with one attached hydrogen (secondary N) is 1. The summed E-state index contributed by atoms with van der Waals surface area (Å²) in [6.45, 7) is 2.46. The topological polar surface area (TPSA) is 80.1 Å². The lowest BCUT2D eigenvalue weighted by atomic mass is 10.2. The fourth-order valence-electron chi connectivity index (χ4n) is 3.35. The fourth-order valence-corrected chi connectivity index (χ4v) is 3.91. The van der Waals surface area contributed by atoms with Gasteiger partial charge in [-0.05, 0) is 25.0 Å². The summed E-state index contributed by atoms with van der Waals surface area (Å²) in [5.41, 5.74) is 1.42. The Kier molecular flexibility index (Phi) is 5.15. The van der Waals surface area contributed by atoms with Crippen molar-refractivity contribution in [1.29, 1.82) is 0 Å². The second-order valence-electron chi connectivity index (χ2n) is 6.53. The van der Waals surface area contributed by atoms with Crippen molar-refractivity contribution in [1.82, 2.24) is 19.9 Å². The third-order valence-corrected chi connectivity index (χ3v) is 5.50. The molecule has 0 unspecified atom stereocenters. The van der Waals surface area contributed by atoms with Crippen LogP contribution in [0.5, 0.6) is 0 Å². The van der Waals surface area contributed by atoms with E-state index in [1.165, 1.54) is 11.3 Å². The molecule has 1 aliphatic heterocycles. The first-order valence-corrected chi connectivity index (χ1v) is 10.00. The second-order valence-corrected chi connectivity index (χ2v) is 7.51. The second kappa shape index (κ2) is 7.87. The number of thiazole rings is 1. The molecule has 2 aromatic heterocycles. The van der Waals surface area contributed by atoms with Crippen molar-refractivity contribution >= 4 is 34.1 Å². The lowest BCUT2D eigenvalue weighted by Crippen LogP contribution is -2.33. The number of carbonyl (C=O) groups is 1. The molecule has 4 rings (SSSR count). The summed E-state index contributed by atoms with van der Waals surface area (Å²) >= 11 is 1.50. The molecule has 8 heteroatoms. The van der Waals surface area contributed by atoms with Crippen molar-refractivity contribution in [2.75, 3.05) is 18.0 Å². The van der Waals surface area contributed by atoms with Crippen LogP contribution in [0.4, 0.5) is 5.82 Å². The minimum atomic E-state index is -0.122. The van der Waals surface area contributed by atoms with Crippen molar-refractivity contribution in [3.63, 3.8) is 0 Å². The largest absolute Gasteiger partial charge is 0.352 e. The van der Waals surface area contributed by atoms with E-state index in [9.17, 15) is 9.59 Å². The van der Waals surface area contributed by atoms with Gasteiger partial charge in [0, 0.05) is 37.6 Å². The minimum absolute atomic E-state index is 0.0966. The van der Waals surface area contributed by atoms with Crippen LogP contribution < -0.4 is 15.8 Å². The van der Waals surface area contributed by atoms with Gasteiger partial charge in [-0.2, -0.15) is 0 Å². The molecule has 140 valence electrons. The smallest absolute Gasteiger partial charge is 0.294 e. The molecule has 0 aliphatic carbocycles. The van der Waals surface area contributed by atoms with Crippen LogP contribution in [0.2, 0.25) is 0 Å². The molecule has 1 aromatic carbocycles. The van der Waals surface area contributed by atoms with Crippen LogP contribution in [-0.2, 0) is 17.9 Å². The maximum absolute atomic E-state index is 13.0. The first-order chi connectivity index (χ1) is 13.2. The highest BCUT2D eigenvalue weighted by molar-refractivity contribution is 7.09. The lowest BCUT2D eigenvalue weighted by Gasteiger charge is -2.19. The van der Waals surface area contributed by atoms with Crippen LogP contribution in [0.1, 0.15) is 24.3 Å². The van der Waals surface area contributed by atoms with Crippen LogP contribution in [0.25, 0.3) is 11.0 Å². The number of hydrogen-bond acceptors (Lipinski definition) is 6. The SMILES string of the molecule is O=C(CCn1c(=O)c(N2CCCC2)nc2ccccc21)NCc1nccs1. The van der Waals surface area contributed by atoms with E-state index in [2.05, 4.69) is 15.3 Å². The molecule has 3 aromatic rings. The van der Waals surface area contributed by atoms with Gasteiger partial charge in [-0.1, -0.05) is 12.1 Å². The Hall–Kier alpha value is -2.74.